The topological polar surface area (TPSA) is 132 Å². The minimum Gasteiger partial charge on any atom is -0.480 e. The van der Waals surface area contributed by atoms with E-state index in [2.05, 4.69) is 36.5 Å². The highest BCUT2D eigenvalue weighted by molar-refractivity contribution is 7.92. The van der Waals surface area contributed by atoms with Gasteiger partial charge in [-0.3, -0.25) is 14.3 Å². The Bertz CT molecular complexity index is 1620. The highest BCUT2D eigenvalue weighted by Gasteiger charge is 2.24. The van der Waals surface area contributed by atoms with Gasteiger partial charge in [-0.05, 0) is 18.2 Å². The number of hydrogen-bond acceptors (Lipinski definition) is 7. The second kappa shape index (κ2) is 8.53. The van der Waals surface area contributed by atoms with Crippen LogP contribution >= 0.6 is 11.6 Å². The largest absolute Gasteiger partial charge is 0.480 e. The molecule has 0 fully saturated rings. The molecule has 13 heteroatoms. The quantitative estimate of drug-likeness (QED) is 0.420. The molecule has 0 bridgehead atoms. The minimum atomic E-state index is -4.33. The van der Waals surface area contributed by atoms with E-state index in [4.69, 9.17) is 16.3 Å². The number of anilines is 1. The molecule has 0 spiro atoms. The lowest BCUT2D eigenvalue weighted by molar-refractivity contribution is 0.385. The second-order valence-corrected chi connectivity index (χ2v) is 8.71. The van der Waals surface area contributed by atoms with Crippen LogP contribution in [-0.2, 0) is 17.1 Å². The van der Waals surface area contributed by atoms with Crippen molar-refractivity contribution in [3.8, 4) is 17.7 Å². The molecule has 4 aromatic heterocycles. The Hall–Kier alpha value is -3.95. The number of hydrogen-bond donors (Lipinski definition) is 2. The third-order valence-corrected chi connectivity index (χ3v) is 6.03. The fourth-order valence-corrected chi connectivity index (χ4v) is 4.23. The van der Waals surface area contributed by atoms with Gasteiger partial charge in [-0.2, -0.15) is 0 Å². The summed E-state index contributed by atoms with van der Waals surface area (Å²) in [5.74, 6) is 3.60. The van der Waals surface area contributed by atoms with Crippen LogP contribution in [0.1, 0.15) is 11.1 Å². The van der Waals surface area contributed by atoms with Gasteiger partial charge in [0, 0.05) is 31.2 Å². The van der Waals surface area contributed by atoms with E-state index in [1.54, 1.807) is 13.1 Å². The fraction of sp³-hybridized carbons (Fsp3) is 0.100. The highest BCUT2D eigenvalue weighted by atomic mass is 35.5. The van der Waals surface area contributed by atoms with Crippen LogP contribution in [0.3, 0.4) is 0 Å². The molecule has 0 saturated carbocycles. The number of methoxy groups -OCH3 is 1. The summed E-state index contributed by atoms with van der Waals surface area (Å²) in [7, 11) is -1.52. The molecule has 0 atom stereocenters. The number of halogens is 2. The Labute approximate surface area is 191 Å². The SMILES string of the molecule is COc1ncc(Cl)cc1S(=O)(=O)Nc1nccc(C#Cc2cnc3[nH]c(=O)n(C)c3c2)c1F. The van der Waals surface area contributed by atoms with Crippen LogP contribution in [0.4, 0.5) is 10.2 Å². The first kappa shape index (κ1) is 22.3. The average Bonchev–Trinajstić information content (AvgIpc) is 3.07. The van der Waals surface area contributed by atoms with Crippen molar-refractivity contribution in [3.05, 3.63) is 69.2 Å². The van der Waals surface area contributed by atoms with Crippen molar-refractivity contribution in [1.82, 2.24) is 24.5 Å². The summed E-state index contributed by atoms with van der Waals surface area (Å²) in [5, 5.41) is 0.0507. The smallest absolute Gasteiger partial charge is 0.327 e. The van der Waals surface area contributed by atoms with Gasteiger partial charge in [-0.1, -0.05) is 23.4 Å². The molecular formula is C20H14ClFN6O4S. The van der Waals surface area contributed by atoms with Crippen LogP contribution in [0.5, 0.6) is 5.88 Å². The molecule has 10 nitrogen and oxygen atoms in total. The van der Waals surface area contributed by atoms with Crippen molar-refractivity contribution in [1.29, 1.82) is 0 Å². The average molecular weight is 489 g/mol. The normalized spacial score (nSPS) is 11.2. The Morgan fingerprint density at radius 2 is 2.00 bits per heavy atom. The molecule has 2 N–H and O–H groups in total. The molecule has 0 aliphatic rings. The number of sulfonamides is 1. The van der Waals surface area contributed by atoms with Gasteiger partial charge in [0.1, 0.15) is 0 Å². The number of nitrogens with one attached hydrogen (secondary N) is 2. The number of pyridine rings is 3. The molecule has 0 amide bonds. The molecule has 4 rings (SSSR count). The lowest BCUT2D eigenvalue weighted by Gasteiger charge is -2.11. The van der Waals surface area contributed by atoms with Crippen LogP contribution in [-0.4, -0.2) is 40.0 Å². The van der Waals surface area contributed by atoms with Crippen LogP contribution in [0, 0.1) is 17.7 Å². The Balaban J connectivity index is 1.68. The van der Waals surface area contributed by atoms with Gasteiger partial charge in [0.15, 0.2) is 22.2 Å². The predicted octanol–water partition coefficient (Wildman–Crippen LogP) is 2.05. The molecule has 0 aliphatic carbocycles. The molecule has 168 valence electrons. The van der Waals surface area contributed by atoms with Crippen molar-refractivity contribution < 1.29 is 17.5 Å². The fourth-order valence-electron chi connectivity index (χ4n) is 2.86. The zero-order valence-electron chi connectivity index (χ0n) is 17.1. The molecule has 33 heavy (non-hydrogen) atoms. The zero-order chi connectivity index (χ0) is 23.8. The molecule has 4 aromatic rings. The summed E-state index contributed by atoms with van der Waals surface area (Å²) in [6.45, 7) is 0. The van der Waals surface area contributed by atoms with Crippen molar-refractivity contribution in [3.63, 3.8) is 0 Å². The third kappa shape index (κ3) is 4.36. The van der Waals surface area contributed by atoms with E-state index >= 15 is 0 Å². The van der Waals surface area contributed by atoms with E-state index in [1.165, 1.54) is 36.3 Å². The van der Waals surface area contributed by atoms with E-state index in [1.807, 2.05) is 0 Å². The molecule has 0 radical (unpaired) electrons. The standard InChI is InChI=1S/C20H14ClFN6O4S/c1-28-14-7-11(9-24-17(14)26-20(28)29)3-4-12-5-6-23-18(16(12)22)27-33(30,31)15-8-13(21)10-25-19(15)32-2/h5-10H,1-2H3,(H,23,27)(H,24,26,29). The van der Waals surface area contributed by atoms with E-state index in [9.17, 15) is 17.6 Å². The van der Waals surface area contributed by atoms with E-state index in [0.717, 1.165) is 6.07 Å². The molecule has 0 unspecified atom stereocenters. The first-order valence-corrected chi connectivity index (χ1v) is 11.0. The van der Waals surface area contributed by atoms with Crippen molar-refractivity contribution in [2.45, 2.75) is 4.90 Å². The van der Waals surface area contributed by atoms with Crippen molar-refractivity contribution in [2.75, 3.05) is 11.8 Å². The lowest BCUT2D eigenvalue weighted by atomic mass is 10.2. The maximum absolute atomic E-state index is 15.0. The van der Waals surface area contributed by atoms with Crippen LogP contribution in [0.2, 0.25) is 5.02 Å². The second-order valence-electron chi connectivity index (χ2n) is 6.62. The molecule has 0 aromatic carbocycles. The number of nitrogens with zero attached hydrogens (tertiary/aromatic N) is 4. The maximum atomic E-state index is 15.0. The van der Waals surface area contributed by atoms with Gasteiger partial charge in [0.25, 0.3) is 10.0 Å². The summed E-state index contributed by atoms with van der Waals surface area (Å²) in [6.07, 6.45) is 3.84. The van der Waals surface area contributed by atoms with Gasteiger partial charge in [-0.25, -0.2) is 32.6 Å². The maximum Gasteiger partial charge on any atom is 0.327 e. The Morgan fingerprint density at radius 3 is 2.76 bits per heavy atom. The minimum absolute atomic E-state index is 0.0507. The number of imidazole rings is 1. The van der Waals surface area contributed by atoms with Crippen LogP contribution in [0.25, 0.3) is 11.2 Å². The predicted molar refractivity (Wildman–Crippen MR) is 118 cm³/mol. The van der Waals surface area contributed by atoms with E-state index in [0.29, 0.717) is 16.7 Å². The summed E-state index contributed by atoms with van der Waals surface area (Å²) < 4.78 is 48.9. The number of aromatic amines is 1. The lowest BCUT2D eigenvalue weighted by Crippen LogP contribution is -2.17. The number of aromatic nitrogens is 5. The van der Waals surface area contributed by atoms with Crippen molar-refractivity contribution in [2.24, 2.45) is 7.05 Å². The Kier molecular flexibility index (Phi) is 5.75. The summed E-state index contributed by atoms with van der Waals surface area (Å²) in [6, 6.07) is 4.03. The number of H-pyrrole nitrogens is 1. The molecule has 0 saturated heterocycles. The number of fused-ring (bicyclic) bond motifs is 1. The molecular weight excluding hydrogens is 475 g/mol. The number of rotatable bonds is 4. The van der Waals surface area contributed by atoms with Gasteiger partial charge >= 0.3 is 5.69 Å². The monoisotopic (exact) mass is 488 g/mol. The van der Waals surface area contributed by atoms with Crippen molar-refractivity contribution >= 4 is 38.6 Å². The summed E-state index contributed by atoms with van der Waals surface area (Å²) >= 11 is 5.84. The third-order valence-electron chi connectivity index (χ3n) is 4.49. The first-order chi connectivity index (χ1) is 15.7. The van der Waals surface area contributed by atoms with Gasteiger partial charge in [-0.15, -0.1) is 0 Å². The first-order valence-electron chi connectivity index (χ1n) is 9.13. The van der Waals surface area contributed by atoms with Gasteiger partial charge in [0.05, 0.1) is 23.2 Å². The summed E-state index contributed by atoms with van der Waals surface area (Å²) in [5.41, 5.74) is 0.906. The van der Waals surface area contributed by atoms with E-state index < -0.39 is 21.7 Å². The number of ether oxygens (including phenoxy) is 1. The highest BCUT2D eigenvalue weighted by Crippen LogP contribution is 2.27. The van der Waals surface area contributed by atoms with E-state index in [-0.39, 0.29) is 27.1 Å². The van der Waals surface area contributed by atoms with Crippen LogP contribution in [0.15, 0.2) is 46.5 Å². The Morgan fingerprint density at radius 1 is 1.21 bits per heavy atom. The van der Waals surface area contributed by atoms with Gasteiger partial charge in [0.2, 0.25) is 5.88 Å². The van der Waals surface area contributed by atoms with Gasteiger partial charge < -0.3 is 4.74 Å². The van der Waals surface area contributed by atoms with Crippen LogP contribution < -0.4 is 15.1 Å². The number of aryl methyl sites for hydroxylation is 1. The zero-order valence-corrected chi connectivity index (χ0v) is 18.6. The molecule has 0 aliphatic heterocycles. The molecule has 4 heterocycles. The summed E-state index contributed by atoms with van der Waals surface area (Å²) in [4.78, 5) is 25.6.